The van der Waals surface area contributed by atoms with Crippen LogP contribution in [0.2, 0.25) is 0 Å². The molecule has 1 unspecified atom stereocenters. The van der Waals surface area contributed by atoms with Gasteiger partial charge in [0.25, 0.3) is 0 Å². The van der Waals surface area contributed by atoms with Crippen molar-refractivity contribution in [2.75, 3.05) is 46.9 Å². The number of carbonyl (C=O) groups is 1. The Morgan fingerprint density at radius 3 is 2.07 bits per heavy atom. The minimum absolute atomic E-state index is 0.0723. The maximum absolute atomic E-state index is 13.3. The van der Waals surface area contributed by atoms with Gasteiger partial charge in [0.2, 0.25) is 5.91 Å². The Balaban J connectivity index is 1.52. The Bertz CT molecular complexity index is 1140. The fraction of sp³-hybridized carbons (Fsp3) is 0.567. The summed E-state index contributed by atoms with van der Waals surface area (Å²) in [5.74, 6) is 0.0877. The van der Waals surface area contributed by atoms with E-state index in [9.17, 15) is 31.1 Å². The minimum atomic E-state index is -4.97. The van der Waals surface area contributed by atoms with Crippen LogP contribution in [0.1, 0.15) is 60.4 Å². The predicted octanol–water partition coefficient (Wildman–Crippen LogP) is 6.43. The third-order valence-corrected chi connectivity index (χ3v) is 8.22. The van der Waals surface area contributed by atoms with Gasteiger partial charge in [-0.1, -0.05) is 24.6 Å². The van der Waals surface area contributed by atoms with Crippen molar-refractivity contribution in [2.24, 2.45) is 0 Å². The molecule has 0 radical (unpaired) electrons. The lowest BCUT2D eigenvalue weighted by Crippen LogP contribution is -2.49. The molecule has 11 heteroatoms. The lowest BCUT2D eigenvalue weighted by atomic mass is 9.96. The molecule has 5 nitrogen and oxygen atoms in total. The van der Waals surface area contributed by atoms with Gasteiger partial charge in [0, 0.05) is 38.3 Å². The molecule has 1 atom stereocenters. The molecule has 0 aromatic heterocycles. The first-order chi connectivity index (χ1) is 19.4. The van der Waals surface area contributed by atoms with Crippen LogP contribution in [0, 0.1) is 0 Å². The van der Waals surface area contributed by atoms with Crippen molar-refractivity contribution in [3.8, 4) is 5.75 Å². The highest BCUT2D eigenvalue weighted by Gasteiger charge is 2.37. The van der Waals surface area contributed by atoms with E-state index in [4.69, 9.17) is 4.74 Å². The predicted molar refractivity (Wildman–Crippen MR) is 144 cm³/mol. The molecule has 1 amide bonds. The molecule has 2 aliphatic heterocycles. The number of carbonyl (C=O) groups excluding carboxylic acids is 1. The summed E-state index contributed by atoms with van der Waals surface area (Å²) in [7, 11) is 3.10. The molecule has 2 heterocycles. The number of alkyl halides is 6. The molecule has 2 aromatic carbocycles. The highest BCUT2D eigenvalue weighted by atomic mass is 19.4. The summed E-state index contributed by atoms with van der Waals surface area (Å²) >= 11 is 0. The van der Waals surface area contributed by atoms with E-state index in [1.54, 1.807) is 7.11 Å². The van der Waals surface area contributed by atoms with Gasteiger partial charge in [-0.3, -0.25) is 9.69 Å². The number of nitrogens with zero attached hydrogens (tertiary/aromatic N) is 3. The molecule has 0 aliphatic carbocycles. The quantitative estimate of drug-likeness (QED) is 0.335. The third kappa shape index (κ3) is 7.94. The molecule has 0 bridgehead atoms. The van der Waals surface area contributed by atoms with Crippen molar-refractivity contribution in [1.82, 2.24) is 14.7 Å². The van der Waals surface area contributed by atoms with Gasteiger partial charge in [-0.2, -0.15) is 26.3 Å². The number of methoxy groups -OCH3 is 1. The van der Waals surface area contributed by atoms with Crippen LogP contribution in [-0.4, -0.2) is 73.5 Å². The van der Waals surface area contributed by atoms with Crippen LogP contribution in [0.5, 0.6) is 5.75 Å². The van der Waals surface area contributed by atoms with Gasteiger partial charge in [-0.15, -0.1) is 0 Å². The number of halogens is 6. The first-order valence-corrected chi connectivity index (χ1v) is 14.0. The number of benzene rings is 2. The summed E-state index contributed by atoms with van der Waals surface area (Å²) in [5.41, 5.74) is -2.31. The van der Waals surface area contributed by atoms with Gasteiger partial charge in [-0.25, -0.2) is 0 Å². The molecule has 0 spiro atoms. The summed E-state index contributed by atoms with van der Waals surface area (Å²) in [4.78, 5) is 19.5. The highest BCUT2D eigenvalue weighted by molar-refractivity contribution is 5.78. The second-order valence-corrected chi connectivity index (χ2v) is 11.0. The van der Waals surface area contributed by atoms with Gasteiger partial charge >= 0.3 is 12.4 Å². The molecule has 0 saturated carbocycles. The zero-order chi connectivity index (χ0) is 29.8. The van der Waals surface area contributed by atoms with E-state index in [1.807, 2.05) is 24.3 Å². The van der Waals surface area contributed by atoms with E-state index in [-0.39, 0.29) is 24.2 Å². The van der Waals surface area contributed by atoms with E-state index in [1.165, 1.54) is 31.2 Å². The van der Waals surface area contributed by atoms with Crippen molar-refractivity contribution in [3.05, 3.63) is 64.7 Å². The summed E-state index contributed by atoms with van der Waals surface area (Å²) < 4.78 is 85.6. The molecule has 226 valence electrons. The van der Waals surface area contributed by atoms with Gasteiger partial charge in [0.05, 0.1) is 30.7 Å². The average Bonchev–Trinajstić information content (AvgIpc) is 2.95. The highest BCUT2D eigenvalue weighted by Crippen LogP contribution is 2.37. The van der Waals surface area contributed by atoms with E-state index in [0.717, 1.165) is 44.6 Å². The molecule has 2 fully saturated rings. The second-order valence-electron chi connectivity index (χ2n) is 11.0. The monoisotopic (exact) mass is 585 g/mol. The van der Waals surface area contributed by atoms with Crippen LogP contribution in [0.15, 0.2) is 42.5 Å². The molecular weight excluding hydrogens is 548 g/mol. The first-order valence-electron chi connectivity index (χ1n) is 14.0. The number of hydrogen-bond donors (Lipinski definition) is 0. The van der Waals surface area contributed by atoms with E-state index < -0.39 is 35.8 Å². The molecule has 2 aliphatic rings. The Morgan fingerprint density at radius 1 is 0.927 bits per heavy atom. The zero-order valence-electron chi connectivity index (χ0n) is 23.4. The lowest BCUT2D eigenvalue weighted by Gasteiger charge is -2.43. The van der Waals surface area contributed by atoms with Crippen molar-refractivity contribution < 1.29 is 35.9 Å². The van der Waals surface area contributed by atoms with Crippen LogP contribution in [0.25, 0.3) is 0 Å². The van der Waals surface area contributed by atoms with Gasteiger partial charge in [0.15, 0.2) is 0 Å². The molecule has 0 N–H and O–H groups in total. The number of para-hydroxylation sites is 1. The fourth-order valence-electron chi connectivity index (χ4n) is 5.99. The maximum atomic E-state index is 13.3. The summed E-state index contributed by atoms with van der Waals surface area (Å²) in [6.45, 7) is 4.04. The van der Waals surface area contributed by atoms with Gasteiger partial charge < -0.3 is 14.5 Å². The van der Waals surface area contributed by atoms with Gasteiger partial charge in [0.1, 0.15) is 5.75 Å². The topological polar surface area (TPSA) is 36.0 Å². The van der Waals surface area contributed by atoms with E-state index in [0.29, 0.717) is 23.9 Å². The number of ether oxygens (including phenoxy) is 1. The molecule has 4 rings (SSSR count). The van der Waals surface area contributed by atoms with Crippen LogP contribution in [0.3, 0.4) is 0 Å². The normalized spacial score (nSPS) is 18.7. The number of likely N-dealkylation sites (N-methyl/N-ethyl adjacent to an activating group) is 1. The smallest absolute Gasteiger partial charge is 0.416 e. The molecule has 2 saturated heterocycles. The fourth-order valence-corrected chi connectivity index (χ4v) is 5.99. The van der Waals surface area contributed by atoms with Crippen molar-refractivity contribution in [1.29, 1.82) is 0 Å². The summed E-state index contributed by atoms with van der Waals surface area (Å²) in [6, 6.07) is 9.06. The Morgan fingerprint density at radius 2 is 1.51 bits per heavy atom. The van der Waals surface area contributed by atoms with Crippen LogP contribution >= 0.6 is 0 Å². The van der Waals surface area contributed by atoms with Crippen molar-refractivity contribution >= 4 is 5.91 Å². The van der Waals surface area contributed by atoms with E-state index in [2.05, 4.69) is 9.80 Å². The molecule has 41 heavy (non-hydrogen) atoms. The van der Waals surface area contributed by atoms with Gasteiger partial charge in [-0.05, 0) is 68.6 Å². The lowest BCUT2D eigenvalue weighted by molar-refractivity contribution is -0.143. The second kappa shape index (κ2) is 13.0. The SMILES string of the molecule is COc1ccccc1C(CN(C)C(=O)Cc1cc(C(F)(F)F)cc(C(F)(F)F)c1)N1CCC(N2CCCCC2)CC1. The summed E-state index contributed by atoms with van der Waals surface area (Å²) in [6.07, 6.45) is -4.87. The Kier molecular flexibility index (Phi) is 9.89. The van der Waals surface area contributed by atoms with Crippen LogP contribution < -0.4 is 4.74 Å². The number of rotatable bonds is 8. The zero-order valence-corrected chi connectivity index (χ0v) is 23.4. The van der Waals surface area contributed by atoms with E-state index >= 15 is 0 Å². The number of amides is 1. The van der Waals surface area contributed by atoms with Crippen molar-refractivity contribution in [2.45, 2.75) is 63.0 Å². The van der Waals surface area contributed by atoms with Crippen molar-refractivity contribution in [3.63, 3.8) is 0 Å². The number of likely N-dealkylation sites (tertiary alicyclic amines) is 2. The summed E-state index contributed by atoms with van der Waals surface area (Å²) in [5, 5.41) is 0. The molecular formula is C30H37F6N3O2. The number of hydrogen-bond acceptors (Lipinski definition) is 4. The first kappa shape index (κ1) is 31.2. The maximum Gasteiger partial charge on any atom is 0.416 e. The Labute approximate surface area is 237 Å². The van der Waals surface area contributed by atoms with Crippen LogP contribution in [0.4, 0.5) is 26.3 Å². The third-order valence-electron chi connectivity index (χ3n) is 8.22. The minimum Gasteiger partial charge on any atom is -0.496 e. The standard InChI is InChI=1S/C30H37F6N3O2/c1-37(28(40)18-21-16-22(29(31,32)33)19-23(17-21)30(34,35)36)20-26(25-8-4-5-9-27(25)41-2)39-14-10-24(11-15-39)38-12-6-3-7-13-38/h4-5,8-9,16-17,19,24,26H,3,6-7,10-15,18,20H2,1-2H3. The molecule has 2 aromatic rings. The Hall–Kier alpha value is -2.79. The average molecular weight is 586 g/mol. The van der Waals surface area contributed by atoms with Crippen LogP contribution in [-0.2, 0) is 23.6 Å². The number of piperidine rings is 2. The largest absolute Gasteiger partial charge is 0.496 e.